The number of rotatable bonds is 7. The Morgan fingerprint density at radius 1 is 1.00 bits per heavy atom. The number of hydrogen-bond acceptors (Lipinski definition) is 7. The van der Waals surface area contributed by atoms with E-state index >= 15 is 0 Å². The first-order valence-electron chi connectivity index (χ1n) is 8.88. The van der Waals surface area contributed by atoms with Crippen LogP contribution in [0.4, 0.5) is 10.5 Å². The number of non-ortho nitro benzene ring substituents is 1. The van der Waals surface area contributed by atoms with E-state index < -0.39 is 22.8 Å². The van der Waals surface area contributed by atoms with E-state index in [0.717, 1.165) is 0 Å². The number of imide groups is 2. The van der Waals surface area contributed by atoms with Gasteiger partial charge >= 0.3 is 6.03 Å². The molecular formula is C20H17N3O7. The predicted octanol–water partition coefficient (Wildman–Crippen LogP) is 2.32. The lowest BCUT2D eigenvalue weighted by atomic mass is 10.1. The van der Waals surface area contributed by atoms with Gasteiger partial charge in [-0.3, -0.25) is 30.3 Å². The predicted molar refractivity (Wildman–Crippen MR) is 105 cm³/mol. The van der Waals surface area contributed by atoms with Crippen LogP contribution in [0, 0.1) is 10.1 Å². The molecule has 1 saturated heterocycles. The second-order valence-corrected chi connectivity index (χ2v) is 6.15. The number of ether oxygens (including phenoxy) is 2. The Morgan fingerprint density at radius 2 is 1.73 bits per heavy atom. The van der Waals surface area contributed by atoms with Crippen molar-refractivity contribution in [3.8, 4) is 11.5 Å². The van der Waals surface area contributed by atoms with Gasteiger partial charge in [-0.15, -0.1) is 0 Å². The average Bonchev–Trinajstić information content (AvgIpc) is 2.70. The molecule has 0 spiro atoms. The molecule has 2 aromatic carbocycles. The number of hydrogen-bond donors (Lipinski definition) is 2. The minimum Gasteiger partial charge on any atom is -0.490 e. The standard InChI is InChI=1S/C20H17N3O7/c1-2-29-17-10-12(9-15-18(24)21-20(26)22-19(15)25)6-7-16(17)30-11-13-4-3-5-14(8-13)23(27)28/h3-10H,2,11H2,1H3,(H2,21,22,24,25,26). The summed E-state index contributed by atoms with van der Waals surface area (Å²) >= 11 is 0. The Labute approximate surface area is 170 Å². The van der Waals surface area contributed by atoms with E-state index in [1.165, 1.54) is 18.2 Å². The van der Waals surface area contributed by atoms with Crippen molar-refractivity contribution >= 4 is 29.6 Å². The molecule has 154 valence electrons. The normalized spacial score (nSPS) is 13.4. The smallest absolute Gasteiger partial charge is 0.328 e. The number of urea groups is 1. The summed E-state index contributed by atoms with van der Waals surface area (Å²) in [5, 5.41) is 14.9. The van der Waals surface area contributed by atoms with Gasteiger partial charge in [0.15, 0.2) is 11.5 Å². The van der Waals surface area contributed by atoms with Gasteiger partial charge in [-0.1, -0.05) is 18.2 Å². The number of barbiturate groups is 1. The van der Waals surface area contributed by atoms with Crippen LogP contribution >= 0.6 is 0 Å². The SMILES string of the molecule is CCOc1cc(C=C2C(=O)NC(=O)NC2=O)ccc1OCc1cccc([N+](=O)[O-])c1. The van der Waals surface area contributed by atoms with Crippen LogP contribution in [0.2, 0.25) is 0 Å². The zero-order valence-corrected chi connectivity index (χ0v) is 15.8. The van der Waals surface area contributed by atoms with E-state index in [1.807, 2.05) is 10.6 Å². The number of carbonyl (C=O) groups is 3. The van der Waals surface area contributed by atoms with Crippen molar-refractivity contribution in [1.29, 1.82) is 0 Å². The minimum atomic E-state index is -0.873. The van der Waals surface area contributed by atoms with Crippen LogP contribution in [0.15, 0.2) is 48.0 Å². The van der Waals surface area contributed by atoms with Crippen molar-refractivity contribution in [2.75, 3.05) is 6.61 Å². The number of nitrogens with one attached hydrogen (secondary N) is 2. The van der Waals surface area contributed by atoms with Crippen LogP contribution < -0.4 is 20.1 Å². The third-order valence-corrected chi connectivity index (χ3v) is 4.04. The lowest BCUT2D eigenvalue weighted by Crippen LogP contribution is -2.51. The van der Waals surface area contributed by atoms with Gasteiger partial charge in [0.05, 0.1) is 11.5 Å². The van der Waals surface area contributed by atoms with Crippen molar-refractivity contribution < 1.29 is 28.8 Å². The number of nitro groups is 1. The summed E-state index contributed by atoms with van der Waals surface area (Å²) in [5.41, 5.74) is 0.835. The van der Waals surface area contributed by atoms with Crippen molar-refractivity contribution in [2.45, 2.75) is 13.5 Å². The van der Waals surface area contributed by atoms with Gasteiger partial charge in [-0.25, -0.2) is 4.79 Å². The molecule has 0 saturated carbocycles. The topological polar surface area (TPSA) is 137 Å². The summed E-state index contributed by atoms with van der Waals surface area (Å²) in [7, 11) is 0. The minimum absolute atomic E-state index is 0.0365. The van der Waals surface area contributed by atoms with Crippen molar-refractivity contribution in [2.24, 2.45) is 0 Å². The molecule has 0 atom stereocenters. The molecule has 4 amide bonds. The maximum absolute atomic E-state index is 11.9. The van der Waals surface area contributed by atoms with E-state index in [9.17, 15) is 24.5 Å². The Bertz CT molecular complexity index is 1040. The summed E-state index contributed by atoms with van der Waals surface area (Å²) in [4.78, 5) is 45.3. The van der Waals surface area contributed by atoms with E-state index in [0.29, 0.717) is 29.2 Å². The molecule has 0 aromatic heterocycles. The largest absolute Gasteiger partial charge is 0.490 e. The second kappa shape index (κ2) is 8.86. The summed E-state index contributed by atoms with van der Waals surface area (Å²) in [5.74, 6) is -0.844. The molecule has 3 rings (SSSR count). The molecule has 0 radical (unpaired) electrons. The van der Waals surface area contributed by atoms with E-state index in [2.05, 4.69) is 0 Å². The van der Waals surface area contributed by atoms with E-state index in [4.69, 9.17) is 9.47 Å². The van der Waals surface area contributed by atoms with Crippen LogP contribution in [-0.2, 0) is 16.2 Å². The first-order valence-corrected chi connectivity index (χ1v) is 8.88. The highest BCUT2D eigenvalue weighted by Gasteiger charge is 2.27. The number of benzene rings is 2. The average molecular weight is 411 g/mol. The molecule has 30 heavy (non-hydrogen) atoms. The fourth-order valence-electron chi connectivity index (χ4n) is 2.70. The molecule has 10 nitrogen and oxygen atoms in total. The van der Waals surface area contributed by atoms with Crippen LogP contribution in [0.5, 0.6) is 11.5 Å². The number of nitro benzene ring substituents is 1. The zero-order chi connectivity index (χ0) is 21.7. The summed E-state index contributed by atoms with van der Waals surface area (Å²) in [6.07, 6.45) is 1.32. The van der Waals surface area contributed by atoms with Gasteiger partial charge in [0.2, 0.25) is 0 Å². The quantitative estimate of drug-likeness (QED) is 0.309. The molecule has 1 aliphatic rings. The maximum Gasteiger partial charge on any atom is 0.328 e. The number of amides is 4. The van der Waals surface area contributed by atoms with E-state index in [-0.39, 0.29) is 17.9 Å². The molecular weight excluding hydrogens is 394 g/mol. The third kappa shape index (κ3) is 4.79. The zero-order valence-electron chi connectivity index (χ0n) is 15.8. The van der Waals surface area contributed by atoms with Crippen LogP contribution in [0.3, 0.4) is 0 Å². The highest BCUT2D eigenvalue weighted by atomic mass is 16.6. The third-order valence-electron chi connectivity index (χ3n) is 4.04. The van der Waals surface area contributed by atoms with Crippen LogP contribution in [-0.4, -0.2) is 29.4 Å². The second-order valence-electron chi connectivity index (χ2n) is 6.15. The lowest BCUT2D eigenvalue weighted by molar-refractivity contribution is -0.384. The highest BCUT2D eigenvalue weighted by Crippen LogP contribution is 2.30. The molecule has 1 fully saturated rings. The van der Waals surface area contributed by atoms with Crippen molar-refractivity contribution in [1.82, 2.24) is 10.6 Å². The van der Waals surface area contributed by atoms with Gasteiger partial charge in [0.25, 0.3) is 17.5 Å². The molecule has 0 unspecified atom stereocenters. The highest BCUT2D eigenvalue weighted by molar-refractivity contribution is 6.31. The van der Waals surface area contributed by atoms with Gasteiger partial charge in [-0.05, 0) is 36.3 Å². The monoisotopic (exact) mass is 411 g/mol. The lowest BCUT2D eigenvalue weighted by Gasteiger charge is -2.15. The fourth-order valence-corrected chi connectivity index (χ4v) is 2.70. The number of nitrogens with zero attached hydrogens (tertiary/aromatic N) is 1. The molecule has 2 N–H and O–H groups in total. The molecule has 1 aliphatic heterocycles. The summed E-state index contributed by atoms with van der Waals surface area (Å²) in [6.45, 7) is 2.20. The van der Waals surface area contributed by atoms with Gasteiger partial charge in [0.1, 0.15) is 12.2 Å². The fraction of sp³-hybridized carbons (Fsp3) is 0.150. The molecule has 10 heteroatoms. The summed E-state index contributed by atoms with van der Waals surface area (Å²) < 4.78 is 11.3. The first-order chi connectivity index (χ1) is 14.4. The Morgan fingerprint density at radius 3 is 2.40 bits per heavy atom. The van der Waals surface area contributed by atoms with Gasteiger partial charge < -0.3 is 9.47 Å². The van der Waals surface area contributed by atoms with Crippen LogP contribution in [0.25, 0.3) is 6.08 Å². The molecule has 0 aliphatic carbocycles. The molecule has 0 bridgehead atoms. The Hall–Kier alpha value is -4.21. The van der Waals surface area contributed by atoms with Crippen molar-refractivity contribution in [3.63, 3.8) is 0 Å². The maximum atomic E-state index is 11.9. The Balaban J connectivity index is 1.81. The van der Waals surface area contributed by atoms with Gasteiger partial charge in [-0.2, -0.15) is 0 Å². The molecule has 1 heterocycles. The number of carbonyl (C=O) groups excluding carboxylic acids is 3. The van der Waals surface area contributed by atoms with Crippen molar-refractivity contribution in [3.05, 3.63) is 69.3 Å². The Kier molecular flexibility index (Phi) is 6.06. The summed E-state index contributed by atoms with van der Waals surface area (Å²) in [6, 6.07) is 9.99. The van der Waals surface area contributed by atoms with E-state index in [1.54, 1.807) is 37.3 Å². The van der Waals surface area contributed by atoms with Gasteiger partial charge in [0, 0.05) is 12.1 Å². The van der Waals surface area contributed by atoms with Crippen LogP contribution in [0.1, 0.15) is 18.1 Å². The first kappa shape index (κ1) is 20.5. The molecule has 2 aromatic rings.